The molecule has 0 saturated carbocycles. The second kappa shape index (κ2) is 6.47. The normalized spacial score (nSPS) is 13.3. The van der Waals surface area contributed by atoms with E-state index in [1.165, 1.54) is 22.7 Å². The van der Waals surface area contributed by atoms with Gasteiger partial charge in [0.2, 0.25) is 11.6 Å². The summed E-state index contributed by atoms with van der Waals surface area (Å²) in [6.45, 7) is 13.1. The Bertz CT molecular complexity index is 966. The summed E-state index contributed by atoms with van der Waals surface area (Å²) in [5.41, 5.74) is 7.65. The summed E-state index contributed by atoms with van der Waals surface area (Å²) in [5.74, 6) is 5.57. The third-order valence-electron chi connectivity index (χ3n) is 3.49. The van der Waals surface area contributed by atoms with Crippen LogP contribution in [0.3, 0.4) is 0 Å². The maximum absolute atomic E-state index is 12.5. The highest BCUT2D eigenvalue weighted by atomic mass is 32.1. The van der Waals surface area contributed by atoms with Gasteiger partial charge in [-0.05, 0) is 12.1 Å². The fourth-order valence-electron chi connectivity index (χ4n) is 2.32. The number of ketones is 2. The van der Waals surface area contributed by atoms with Gasteiger partial charge in [0.1, 0.15) is 16.1 Å². The number of fused-ring (bicyclic) bond motifs is 3. The van der Waals surface area contributed by atoms with Crippen molar-refractivity contribution in [3.05, 3.63) is 33.0 Å². The Morgan fingerprint density at radius 1 is 0.692 bits per heavy atom. The molecule has 0 atom stereocenters. The fraction of sp³-hybridized carbons (Fsp3) is 0.300. The van der Waals surface area contributed by atoms with Gasteiger partial charge in [-0.25, -0.2) is 0 Å². The summed E-state index contributed by atoms with van der Waals surface area (Å²) in [5, 5.41) is 0. The van der Waals surface area contributed by atoms with Crippen molar-refractivity contribution in [1.29, 1.82) is 0 Å². The van der Waals surface area contributed by atoms with Crippen molar-refractivity contribution in [2.45, 2.75) is 39.3 Å². The minimum atomic E-state index is -1.50. The molecule has 2 heterocycles. The Hall–Kier alpha value is -1.71. The zero-order chi connectivity index (χ0) is 19.3. The van der Waals surface area contributed by atoms with Gasteiger partial charge >= 0.3 is 0 Å². The first-order valence-electron chi connectivity index (χ1n) is 8.38. The van der Waals surface area contributed by atoms with Gasteiger partial charge in [0, 0.05) is 11.1 Å². The molecular formula is C20H20O2S2Si2. The minimum absolute atomic E-state index is 0.424. The van der Waals surface area contributed by atoms with E-state index in [0.29, 0.717) is 11.1 Å². The van der Waals surface area contributed by atoms with Crippen molar-refractivity contribution in [3.8, 4) is 32.7 Å². The van der Waals surface area contributed by atoms with Gasteiger partial charge in [-0.15, -0.1) is 33.8 Å². The van der Waals surface area contributed by atoms with Crippen molar-refractivity contribution < 1.29 is 9.59 Å². The summed E-state index contributed by atoms with van der Waals surface area (Å²) < 4.78 is 0. The average molecular weight is 413 g/mol. The van der Waals surface area contributed by atoms with Gasteiger partial charge < -0.3 is 0 Å². The molecule has 0 amide bonds. The number of carbonyl (C=O) groups excluding carboxylic acids is 2. The first-order chi connectivity index (χ1) is 11.9. The second-order valence-corrected chi connectivity index (χ2v) is 20.0. The molecule has 0 fully saturated rings. The maximum atomic E-state index is 12.5. The Labute approximate surface area is 164 Å². The lowest BCUT2D eigenvalue weighted by Crippen LogP contribution is -2.18. The molecule has 6 heteroatoms. The van der Waals surface area contributed by atoms with Crippen LogP contribution in [0.1, 0.15) is 30.5 Å². The number of thiophene rings is 2. The monoisotopic (exact) mass is 412 g/mol. The molecule has 0 aliphatic heterocycles. The van der Waals surface area contributed by atoms with E-state index in [1.807, 2.05) is 0 Å². The first kappa shape index (κ1) is 19.1. The van der Waals surface area contributed by atoms with Gasteiger partial charge in [0.15, 0.2) is 0 Å². The van der Waals surface area contributed by atoms with Crippen LogP contribution in [-0.2, 0) is 0 Å². The number of hydrogen-bond donors (Lipinski definition) is 0. The van der Waals surface area contributed by atoms with Crippen molar-refractivity contribution in [2.24, 2.45) is 0 Å². The summed E-state index contributed by atoms with van der Waals surface area (Å²) in [6.07, 6.45) is 0. The third kappa shape index (κ3) is 4.00. The van der Waals surface area contributed by atoms with Crippen molar-refractivity contribution in [3.63, 3.8) is 0 Å². The molecule has 26 heavy (non-hydrogen) atoms. The molecule has 0 unspecified atom stereocenters. The van der Waals surface area contributed by atoms with E-state index < -0.39 is 27.7 Å². The maximum Gasteiger partial charge on any atom is 0.235 e. The van der Waals surface area contributed by atoms with E-state index in [4.69, 9.17) is 0 Å². The highest BCUT2D eigenvalue weighted by Crippen LogP contribution is 2.43. The van der Waals surface area contributed by atoms with E-state index >= 15 is 0 Å². The molecule has 2 aromatic rings. The summed E-state index contributed by atoms with van der Waals surface area (Å²) >= 11 is 3.02. The van der Waals surface area contributed by atoms with Crippen LogP contribution in [0.5, 0.6) is 0 Å². The van der Waals surface area contributed by atoms with Gasteiger partial charge in [0.25, 0.3) is 0 Å². The van der Waals surface area contributed by atoms with Crippen LogP contribution >= 0.6 is 22.7 Å². The second-order valence-electron chi connectivity index (χ2n) is 8.37. The molecule has 1 aliphatic rings. The predicted molar refractivity (Wildman–Crippen MR) is 117 cm³/mol. The summed E-state index contributed by atoms with van der Waals surface area (Å²) in [4.78, 5) is 28.5. The van der Waals surface area contributed by atoms with Crippen LogP contribution in [0.25, 0.3) is 9.75 Å². The lowest BCUT2D eigenvalue weighted by molar-refractivity contribution is 0.0816. The molecule has 0 bridgehead atoms. The molecule has 0 aromatic carbocycles. The number of rotatable bonds is 0. The van der Waals surface area contributed by atoms with Crippen LogP contribution in [0, 0.1) is 22.9 Å². The lowest BCUT2D eigenvalue weighted by Gasteiger charge is -2.08. The summed E-state index contributed by atoms with van der Waals surface area (Å²) in [7, 11) is -3.00. The molecule has 1 aliphatic carbocycles. The van der Waals surface area contributed by atoms with Crippen molar-refractivity contribution >= 4 is 50.4 Å². The Morgan fingerprint density at radius 2 is 1.04 bits per heavy atom. The van der Waals surface area contributed by atoms with E-state index in [9.17, 15) is 9.59 Å². The van der Waals surface area contributed by atoms with Gasteiger partial charge in [-0.2, -0.15) is 0 Å². The standard InChI is InChI=1S/C20H20O2S2Si2/c1-25(2,3)9-7-13-11-15-17(21)18(22)16-12-14(8-10-26(4,5)6)24-20(16)19(15)23-13/h11-12H,1-6H3. The molecular weight excluding hydrogens is 393 g/mol. The molecule has 132 valence electrons. The minimum Gasteiger partial charge on any atom is -0.285 e. The molecule has 0 N–H and O–H groups in total. The fourth-order valence-corrected chi connectivity index (χ4v) is 5.70. The number of carbonyl (C=O) groups is 2. The van der Waals surface area contributed by atoms with E-state index in [0.717, 1.165) is 19.5 Å². The Kier molecular flexibility index (Phi) is 4.75. The predicted octanol–water partition coefficient (Wildman–Crippen LogP) is 5.31. The van der Waals surface area contributed by atoms with Crippen LogP contribution in [0.15, 0.2) is 12.1 Å². The SMILES string of the molecule is C[Si](C)(C)C#Cc1cc2c(s1)-c1sc(C#C[Si](C)(C)C)cc1C(=O)C2=O. The molecule has 2 aromatic heterocycles. The zero-order valence-corrected chi connectivity index (χ0v) is 19.4. The van der Waals surface area contributed by atoms with Crippen molar-refractivity contribution in [2.75, 3.05) is 0 Å². The molecule has 3 rings (SSSR count). The largest absolute Gasteiger partial charge is 0.285 e. The zero-order valence-electron chi connectivity index (χ0n) is 15.8. The van der Waals surface area contributed by atoms with Crippen LogP contribution in [0.2, 0.25) is 39.3 Å². The highest BCUT2D eigenvalue weighted by Gasteiger charge is 2.34. The molecule has 0 radical (unpaired) electrons. The molecule has 2 nitrogen and oxygen atoms in total. The third-order valence-corrected chi connectivity index (χ3v) is 7.50. The van der Waals surface area contributed by atoms with Gasteiger partial charge in [0.05, 0.1) is 19.5 Å². The first-order valence-corrected chi connectivity index (χ1v) is 17.0. The molecule has 0 saturated heterocycles. The average Bonchev–Trinajstić information content (AvgIpc) is 3.11. The number of hydrogen-bond acceptors (Lipinski definition) is 4. The van der Waals surface area contributed by atoms with Crippen LogP contribution in [0.4, 0.5) is 0 Å². The van der Waals surface area contributed by atoms with Crippen LogP contribution < -0.4 is 0 Å². The van der Waals surface area contributed by atoms with Gasteiger partial charge in [-0.1, -0.05) is 51.1 Å². The van der Waals surface area contributed by atoms with E-state index in [-0.39, 0.29) is 0 Å². The number of Topliss-reactive ketones (excluding diaryl/α,β-unsaturated/α-hetero) is 2. The van der Waals surface area contributed by atoms with E-state index in [1.54, 1.807) is 12.1 Å². The van der Waals surface area contributed by atoms with Crippen LogP contribution in [-0.4, -0.2) is 27.7 Å². The topological polar surface area (TPSA) is 34.1 Å². The quantitative estimate of drug-likeness (QED) is 0.334. The molecule has 0 spiro atoms. The Balaban J connectivity index is 2.10. The smallest absolute Gasteiger partial charge is 0.235 e. The Morgan fingerprint density at radius 3 is 1.35 bits per heavy atom. The van der Waals surface area contributed by atoms with Crippen molar-refractivity contribution in [1.82, 2.24) is 0 Å². The lowest BCUT2D eigenvalue weighted by atomic mass is 9.95. The highest BCUT2D eigenvalue weighted by molar-refractivity contribution is 7.23. The van der Waals surface area contributed by atoms with Gasteiger partial charge in [-0.3, -0.25) is 9.59 Å². The summed E-state index contributed by atoms with van der Waals surface area (Å²) in [6, 6.07) is 3.56. The van der Waals surface area contributed by atoms with E-state index in [2.05, 4.69) is 62.2 Å².